The van der Waals surface area contributed by atoms with Gasteiger partial charge in [0.15, 0.2) is 0 Å². The summed E-state index contributed by atoms with van der Waals surface area (Å²) in [6.45, 7) is 1.36. The molecule has 0 aromatic rings. The number of carboxylic acid groups (broad SMARTS) is 2. The predicted octanol–water partition coefficient (Wildman–Crippen LogP) is 0.913. The van der Waals surface area contributed by atoms with E-state index < -0.39 is 30.0 Å². The summed E-state index contributed by atoms with van der Waals surface area (Å²) in [5.41, 5.74) is 4.06. The van der Waals surface area contributed by atoms with Crippen molar-refractivity contribution in [1.82, 2.24) is 5.32 Å². The topological polar surface area (TPSA) is 113 Å². The molecule has 0 aliphatic carbocycles. The maximum absolute atomic E-state index is 12.9. The Morgan fingerprint density at radius 1 is 1.05 bits per heavy atom. The van der Waals surface area contributed by atoms with E-state index >= 15 is 0 Å². The van der Waals surface area contributed by atoms with Gasteiger partial charge in [0.05, 0.1) is 0 Å². The fraction of sp³-hybridized carbons (Fsp3) is 0.778. The van der Waals surface area contributed by atoms with Crippen molar-refractivity contribution in [2.24, 2.45) is 5.73 Å². The van der Waals surface area contributed by atoms with E-state index in [1.165, 1.54) is 0 Å². The highest BCUT2D eigenvalue weighted by atomic mass is 19.4. The highest BCUT2D eigenvalue weighted by molar-refractivity contribution is 5.73. The van der Waals surface area contributed by atoms with Gasteiger partial charge in [-0.2, -0.15) is 26.3 Å². The molecule has 0 spiro atoms. The van der Waals surface area contributed by atoms with E-state index in [0.717, 1.165) is 6.54 Å². The molecule has 132 valence electrons. The molecule has 1 fully saturated rings. The van der Waals surface area contributed by atoms with Crippen LogP contribution in [0.2, 0.25) is 0 Å². The van der Waals surface area contributed by atoms with E-state index in [-0.39, 0.29) is 6.54 Å². The summed E-state index contributed by atoms with van der Waals surface area (Å²) in [5.74, 6) is -5.51. The van der Waals surface area contributed by atoms with Crippen molar-refractivity contribution < 1.29 is 50.5 Å². The van der Waals surface area contributed by atoms with Crippen molar-refractivity contribution in [1.29, 1.82) is 0 Å². The third-order valence-corrected chi connectivity index (χ3v) is 2.04. The smallest absolute Gasteiger partial charge is 0.475 e. The number of hydrogen-bond acceptors (Lipinski definition) is 4. The van der Waals surface area contributed by atoms with Gasteiger partial charge in [-0.25, -0.2) is 14.0 Å². The van der Waals surface area contributed by atoms with Gasteiger partial charge in [-0.3, -0.25) is 0 Å². The molecule has 0 aromatic carbocycles. The molecule has 13 heteroatoms. The second-order valence-electron chi connectivity index (χ2n) is 3.89. The van der Waals surface area contributed by atoms with Gasteiger partial charge in [0, 0.05) is 13.1 Å². The Bertz CT molecular complexity index is 340. The van der Waals surface area contributed by atoms with Gasteiger partial charge < -0.3 is 21.3 Å². The molecule has 1 atom stereocenters. The molecule has 5 N–H and O–H groups in total. The number of hydrogen-bond donors (Lipinski definition) is 4. The van der Waals surface area contributed by atoms with Gasteiger partial charge in [0.25, 0.3) is 0 Å². The highest BCUT2D eigenvalue weighted by Crippen LogP contribution is 2.16. The van der Waals surface area contributed by atoms with Crippen molar-refractivity contribution in [2.45, 2.75) is 24.4 Å². The van der Waals surface area contributed by atoms with Gasteiger partial charge in [-0.05, 0) is 13.0 Å². The standard InChI is InChI=1S/C5H11FN2.2C2HF3O2/c6-5(3-7)1-2-8-4-5;2*3-2(4,5)1(6)7/h8H,1-4,7H2;2*(H,6,7). The summed E-state index contributed by atoms with van der Waals surface area (Å²) in [6.07, 6.45) is -9.59. The van der Waals surface area contributed by atoms with Crippen molar-refractivity contribution in [3.63, 3.8) is 0 Å². The number of alkyl halides is 7. The number of carbonyl (C=O) groups is 2. The molecular formula is C9H13F7N2O4. The summed E-state index contributed by atoms with van der Waals surface area (Å²) < 4.78 is 76.3. The molecule has 6 nitrogen and oxygen atoms in total. The highest BCUT2D eigenvalue weighted by Gasteiger charge is 2.38. The third kappa shape index (κ3) is 11.1. The second-order valence-corrected chi connectivity index (χ2v) is 3.89. The van der Waals surface area contributed by atoms with E-state index in [9.17, 15) is 30.7 Å². The van der Waals surface area contributed by atoms with Gasteiger partial charge in [0.1, 0.15) is 5.67 Å². The lowest BCUT2D eigenvalue weighted by Gasteiger charge is -2.13. The van der Waals surface area contributed by atoms with E-state index in [2.05, 4.69) is 5.32 Å². The maximum atomic E-state index is 12.9. The van der Waals surface area contributed by atoms with Gasteiger partial charge in [0.2, 0.25) is 0 Å². The minimum Gasteiger partial charge on any atom is -0.475 e. The zero-order chi connectivity index (χ0) is 18.2. The molecule has 22 heavy (non-hydrogen) atoms. The Labute approximate surface area is 119 Å². The molecule has 1 aliphatic rings. The quantitative estimate of drug-likeness (QED) is 0.525. The number of nitrogens with one attached hydrogen (secondary N) is 1. The monoisotopic (exact) mass is 346 g/mol. The lowest BCUT2D eigenvalue weighted by Crippen LogP contribution is -2.34. The first kappa shape index (κ1) is 22.6. The summed E-state index contributed by atoms with van der Waals surface area (Å²) in [6, 6.07) is 0. The average molecular weight is 346 g/mol. The van der Waals surface area contributed by atoms with Crippen LogP contribution in [0.25, 0.3) is 0 Å². The minimum absolute atomic E-state index is 0.153. The zero-order valence-electron chi connectivity index (χ0n) is 10.8. The van der Waals surface area contributed by atoms with Crippen molar-refractivity contribution >= 4 is 11.9 Å². The van der Waals surface area contributed by atoms with Crippen LogP contribution in [0.3, 0.4) is 0 Å². The molecule has 1 saturated heterocycles. The van der Waals surface area contributed by atoms with Crippen LogP contribution in [0.1, 0.15) is 6.42 Å². The SMILES string of the molecule is NCC1(F)CCNC1.O=C(O)C(F)(F)F.O=C(O)C(F)(F)F. The van der Waals surface area contributed by atoms with Crippen LogP contribution in [0.4, 0.5) is 30.7 Å². The third-order valence-electron chi connectivity index (χ3n) is 2.04. The van der Waals surface area contributed by atoms with Crippen LogP contribution >= 0.6 is 0 Å². The second kappa shape index (κ2) is 8.73. The minimum atomic E-state index is -5.08. The van der Waals surface area contributed by atoms with Crippen LogP contribution in [0.5, 0.6) is 0 Å². The molecule has 0 aromatic heterocycles. The lowest BCUT2D eigenvalue weighted by atomic mass is 10.1. The normalized spacial score (nSPS) is 21.1. The molecule has 1 aliphatic heterocycles. The molecule has 0 bridgehead atoms. The Hall–Kier alpha value is -1.63. The molecular weight excluding hydrogens is 333 g/mol. The molecule has 0 saturated carbocycles. The van der Waals surface area contributed by atoms with Crippen LogP contribution in [-0.2, 0) is 9.59 Å². The van der Waals surface area contributed by atoms with Crippen molar-refractivity contribution in [3.8, 4) is 0 Å². The van der Waals surface area contributed by atoms with Gasteiger partial charge in [-0.1, -0.05) is 0 Å². The van der Waals surface area contributed by atoms with Crippen LogP contribution in [0, 0.1) is 0 Å². The molecule has 1 rings (SSSR count). The van der Waals surface area contributed by atoms with E-state index in [4.69, 9.17) is 25.5 Å². The largest absolute Gasteiger partial charge is 0.490 e. The molecule has 1 unspecified atom stereocenters. The molecule has 0 amide bonds. The number of nitrogens with two attached hydrogens (primary N) is 1. The van der Waals surface area contributed by atoms with Crippen molar-refractivity contribution in [3.05, 3.63) is 0 Å². The maximum Gasteiger partial charge on any atom is 0.490 e. The Balaban J connectivity index is 0. The van der Waals surface area contributed by atoms with E-state index in [0.29, 0.717) is 13.0 Å². The number of carboxylic acids is 2. The van der Waals surface area contributed by atoms with Gasteiger partial charge in [-0.15, -0.1) is 0 Å². The van der Waals surface area contributed by atoms with Crippen LogP contribution < -0.4 is 11.1 Å². The molecule has 1 heterocycles. The summed E-state index contributed by atoms with van der Waals surface area (Å²) in [4.78, 5) is 17.8. The summed E-state index contributed by atoms with van der Waals surface area (Å²) in [5, 5.41) is 17.2. The van der Waals surface area contributed by atoms with Crippen LogP contribution in [0.15, 0.2) is 0 Å². The first-order valence-corrected chi connectivity index (χ1v) is 5.35. The molecule has 0 radical (unpaired) electrons. The average Bonchev–Trinajstić information content (AvgIpc) is 2.76. The summed E-state index contributed by atoms with van der Waals surface area (Å²) in [7, 11) is 0. The van der Waals surface area contributed by atoms with E-state index in [1.54, 1.807) is 0 Å². The Morgan fingerprint density at radius 2 is 1.36 bits per heavy atom. The first-order chi connectivity index (χ1) is 9.65. The van der Waals surface area contributed by atoms with E-state index in [1.807, 2.05) is 0 Å². The lowest BCUT2D eigenvalue weighted by molar-refractivity contribution is -0.193. The van der Waals surface area contributed by atoms with Crippen molar-refractivity contribution in [2.75, 3.05) is 19.6 Å². The predicted molar refractivity (Wildman–Crippen MR) is 57.8 cm³/mol. The number of aliphatic carboxylic acids is 2. The van der Waals surface area contributed by atoms with Crippen LogP contribution in [-0.4, -0.2) is 59.8 Å². The fourth-order valence-corrected chi connectivity index (χ4v) is 0.887. The first-order valence-electron chi connectivity index (χ1n) is 5.35. The number of halogens is 7. The fourth-order valence-electron chi connectivity index (χ4n) is 0.887. The summed E-state index contributed by atoms with van der Waals surface area (Å²) >= 11 is 0. The van der Waals surface area contributed by atoms with Gasteiger partial charge >= 0.3 is 24.3 Å². The Morgan fingerprint density at radius 3 is 1.45 bits per heavy atom. The number of rotatable bonds is 1. The Kier molecular flexibility index (Phi) is 8.98. The zero-order valence-corrected chi connectivity index (χ0v) is 10.8.